The molecule has 1 aliphatic heterocycles. The number of benzene rings is 2. The predicted octanol–water partition coefficient (Wildman–Crippen LogP) is 4.17. The Morgan fingerprint density at radius 3 is 2.77 bits per heavy atom. The highest BCUT2D eigenvalue weighted by Gasteiger charge is 2.19. The average Bonchev–Trinajstić information content (AvgIpc) is 3.40. The molecule has 3 aromatic rings. The molecule has 0 radical (unpaired) electrons. The first-order valence-corrected chi connectivity index (χ1v) is 10.2. The van der Waals surface area contributed by atoms with Crippen LogP contribution in [-0.4, -0.2) is 46.8 Å². The van der Waals surface area contributed by atoms with Crippen LogP contribution in [0.3, 0.4) is 0 Å². The lowest BCUT2D eigenvalue weighted by atomic mass is 10.2. The molecule has 2 heterocycles. The minimum atomic E-state index is -0.423. The van der Waals surface area contributed by atoms with E-state index in [9.17, 15) is 4.79 Å². The molecule has 0 atom stereocenters. The van der Waals surface area contributed by atoms with Gasteiger partial charge in [-0.2, -0.15) is 0 Å². The van der Waals surface area contributed by atoms with Crippen LogP contribution in [0.15, 0.2) is 42.5 Å². The topological polar surface area (TPSA) is 98.4 Å². The van der Waals surface area contributed by atoms with Crippen LogP contribution in [0, 0.1) is 5.41 Å². The molecule has 0 aliphatic carbocycles. The number of carbonyl (C=O) groups excluding carboxylic acids is 1. The number of aromatic nitrogens is 1. The third kappa shape index (κ3) is 4.13. The summed E-state index contributed by atoms with van der Waals surface area (Å²) < 4.78 is 6.15. The molecule has 0 unspecified atom stereocenters. The number of guanidine groups is 1. The first-order valence-electron chi connectivity index (χ1n) is 9.85. The van der Waals surface area contributed by atoms with Gasteiger partial charge in [0.15, 0.2) is 11.7 Å². The average molecular weight is 426 g/mol. The van der Waals surface area contributed by atoms with Gasteiger partial charge in [-0.3, -0.25) is 20.0 Å². The molecule has 8 heteroatoms. The van der Waals surface area contributed by atoms with Crippen molar-refractivity contribution in [2.75, 3.05) is 20.1 Å². The zero-order valence-corrected chi connectivity index (χ0v) is 17.5. The molecule has 0 saturated carbocycles. The minimum absolute atomic E-state index is 0.281. The van der Waals surface area contributed by atoms with Gasteiger partial charge in [0.2, 0.25) is 0 Å². The summed E-state index contributed by atoms with van der Waals surface area (Å²) in [6, 6.07) is 13.2. The second kappa shape index (κ2) is 8.38. The molecule has 1 fully saturated rings. The van der Waals surface area contributed by atoms with E-state index in [1.165, 1.54) is 25.5 Å². The van der Waals surface area contributed by atoms with Crippen molar-refractivity contribution < 1.29 is 9.53 Å². The van der Waals surface area contributed by atoms with Crippen molar-refractivity contribution in [3.05, 3.63) is 58.7 Å². The number of halogens is 1. The van der Waals surface area contributed by atoms with E-state index < -0.39 is 5.91 Å². The van der Waals surface area contributed by atoms with Gasteiger partial charge in [-0.05, 0) is 61.8 Å². The molecule has 1 saturated heterocycles. The summed E-state index contributed by atoms with van der Waals surface area (Å²) in [4.78, 5) is 19.1. The molecule has 1 amide bonds. The monoisotopic (exact) mass is 425 g/mol. The van der Waals surface area contributed by atoms with Crippen molar-refractivity contribution in [1.82, 2.24) is 14.8 Å². The van der Waals surface area contributed by atoms with Crippen LogP contribution in [0.25, 0.3) is 10.9 Å². The Morgan fingerprint density at radius 1 is 1.27 bits per heavy atom. The van der Waals surface area contributed by atoms with Gasteiger partial charge in [-0.25, -0.2) is 0 Å². The Labute approximate surface area is 179 Å². The number of rotatable bonds is 5. The maximum Gasteiger partial charge on any atom is 0.276 e. The third-order valence-corrected chi connectivity index (χ3v) is 5.66. The van der Waals surface area contributed by atoms with Gasteiger partial charge in [-0.15, -0.1) is 0 Å². The number of hydrogen-bond donors (Lipinski definition) is 3. The molecule has 1 aromatic heterocycles. The first-order chi connectivity index (χ1) is 14.4. The summed E-state index contributed by atoms with van der Waals surface area (Å²) in [6.07, 6.45) is 2.51. The van der Waals surface area contributed by atoms with Gasteiger partial charge in [0.05, 0.1) is 10.5 Å². The zero-order chi connectivity index (χ0) is 21.3. The number of likely N-dealkylation sites (tertiary alicyclic amines) is 1. The number of fused-ring (bicyclic) bond motifs is 1. The molecule has 1 aliphatic rings. The molecule has 7 nitrogen and oxygen atoms in total. The van der Waals surface area contributed by atoms with Crippen LogP contribution in [0.2, 0.25) is 5.02 Å². The number of carbonyl (C=O) groups is 1. The first kappa shape index (κ1) is 20.3. The fraction of sp³-hybridized carbons (Fsp3) is 0.273. The SMILES string of the molecule is CN(C(=N)N)C(=O)c1cc2c(Cl)ccc(Oc3cccc(CN4CCCC4)c3)c2[nH]1. The second-order valence-corrected chi connectivity index (χ2v) is 7.91. The van der Waals surface area contributed by atoms with E-state index in [0.29, 0.717) is 21.7 Å². The van der Waals surface area contributed by atoms with Gasteiger partial charge in [0.25, 0.3) is 5.91 Å². The number of hydrogen-bond acceptors (Lipinski definition) is 4. The van der Waals surface area contributed by atoms with Crippen molar-refractivity contribution in [1.29, 1.82) is 5.41 Å². The van der Waals surface area contributed by atoms with Crippen LogP contribution < -0.4 is 10.5 Å². The standard InChI is InChI=1S/C22H24ClN5O2/c1-27(22(24)25)21(29)18-12-16-17(23)7-8-19(20(16)26-18)30-15-6-4-5-14(11-15)13-28-9-2-3-10-28/h4-8,11-12,26H,2-3,9-10,13H2,1H3,(H3,24,25). The summed E-state index contributed by atoms with van der Waals surface area (Å²) in [5.74, 6) is 0.528. The number of amides is 1. The van der Waals surface area contributed by atoms with Crippen LogP contribution in [-0.2, 0) is 6.54 Å². The zero-order valence-electron chi connectivity index (χ0n) is 16.7. The molecule has 0 spiro atoms. The smallest absolute Gasteiger partial charge is 0.276 e. The van der Waals surface area contributed by atoms with Gasteiger partial charge in [0, 0.05) is 19.0 Å². The van der Waals surface area contributed by atoms with Crippen molar-refractivity contribution in [2.24, 2.45) is 5.73 Å². The lowest BCUT2D eigenvalue weighted by molar-refractivity contribution is 0.0864. The quantitative estimate of drug-likeness (QED) is 0.422. The summed E-state index contributed by atoms with van der Waals surface area (Å²) >= 11 is 6.34. The summed E-state index contributed by atoms with van der Waals surface area (Å²) in [5.41, 5.74) is 7.52. The van der Waals surface area contributed by atoms with Gasteiger partial charge < -0.3 is 15.5 Å². The van der Waals surface area contributed by atoms with E-state index in [2.05, 4.69) is 16.0 Å². The highest BCUT2D eigenvalue weighted by molar-refractivity contribution is 6.35. The number of nitrogens with one attached hydrogen (secondary N) is 2. The molecular formula is C22H24ClN5O2. The highest BCUT2D eigenvalue weighted by atomic mass is 35.5. The largest absolute Gasteiger partial charge is 0.455 e. The van der Waals surface area contributed by atoms with Crippen molar-refractivity contribution in [2.45, 2.75) is 19.4 Å². The maximum atomic E-state index is 12.5. The Hall–Kier alpha value is -3.03. The van der Waals surface area contributed by atoms with Crippen molar-refractivity contribution >= 4 is 34.4 Å². The van der Waals surface area contributed by atoms with E-state index in [1.807, 2.05) is 18.2 Å². The van der Waals surface area contributed by atoms with Crippen LogP contribution in [0.5, 0.6) is 11.5 Å². The third-order valence-electron chi connectivity index (χ3n) is 5.33. The van der Waals surface area contributed by atoms with Crippen LogP contribution >= 0.6 is 11.6 Å². The van der Waals surface area contributed by atoms with Crippen molar-refractivity contribution in [3.63, 3.8) is 0 Å². The van der Waals surface area contributed by atoms with E-state index in [1.54, 1.807) is 18.2 Å². The molecule has 0 bridgehead atoms. The highest BCUT2D eigenvalue weighted by Crippen LogP contribution is 2.35. The predicted molar refractivity (Wildman–Crippen MR) is 118 cm³/mol. The Bertz CT molecular complexity index is 1100. The minimum Gasteiger partial charge on any atom is -0.455 e. The summed E-state index contributed by atoms with van der Waals surface area (Å²) in [6.45, 7) is 3.18. The van der Waals surface area contributed by atoms with Gasteiger partial charge in [0.1, 0.15) is 11.4 Å². The lowest BCUT2D eigenvalue weighted by Gasteiger charge is -2.15. The Balaban J connectivity index is 1.62. The fourth-order valence-electron chi connectivity index (χ4n) is 3.68. The maximum absolute atomic E-state index is 12.5. The molecule has 156 valence electrons. The summed E-state index contributed by atoms with van der Waals surface area (Å²) in [5, 5.41) is 8.63. The van der Waals surface area contributed by atoms with E-state index in [-0.39, 0.29) is 11.7 Å². The lowest BCUT2D eigenvalue weighted by Crippen LogP contribution is -2.38. The molecule has 2 aromatic carbocycles. The van der Waals surface area contributed by atoms with Crippen molar-refractivity contribution in [3.8, 4) is 11.5 Å². The number of nitrogens with two attached hydrogens (primary N) is 1. The van der Waals surface area contributed by atoms with Gasteiger partial charge >= 0.3 is 0 Å². The fourth-order valence-corrected chi connectivity index (χ4v) is 3.89. The Kier molecular flexibility index (Phi) is 5.65. The van der Waals surface area contributed by atoms with Crippen LogP contribution in [0.1, 0.15) is 28.9 Å². The summed E-state index contributed by atoms with van der Waals surface area (Å²) in [7, 11) is 1.45. The number of aromatic amines is 1. The number of nitrogens with zero attached hydrogens (tertiary/aromatic N) is 2. The van der Waals surface area contributed by atoms with Crippen LogP contribution in [0.4, 0.5) is 0 Å². The second-order valence-electron chi connectivity index (χ2n) is 7.50. The molecular weight excluding hydrogens is 402 g/mol. The molecule has 30 heavy (non-hydrogen) atoms. The van der Waals surface area contributed by atoms with E-state index in [0.717, 1.165) is 30.3 Å². The van der Waals surface area contributed by atoms with Gasteiger partial charge in [-0.1, -0.05) is 23.7 Å². The molecule has 4 N–H and O–H groups in total. The Morgan fingerprint density at radius 2 is 2.03 bits per heavy atom. The number of ether oxygens (including phenoxy) is 1. The normalized spacial score (nSPS) is 14.2. The molecule has 4 rings (SSSR count). The van der Waals surface area contributed by atoms with E-state index >= 15 is 0 Å². The van der Waals surface area contributed by atoms with E-state index in [4.69, 9.17) is 27.5 Å². The number of H-pyrrole nitrogens is 1.